The summed E-state index contributed by atoms with van der Waals surface area (Å²) < 4.78 is 0. The van der Waals surface area contributed by atoms with Gasteiger partial charge in [-0.3, -0.25) is 9.59 Å². The maximum atomic E-state index is 11.9. The highest BCUT2D eigenvalue weighted by Crippen LogP contribution is 2.21. The van der Waals surface area contributed by atoms with E-state index < -0.39 is 0 Å². The van der Waals surface area contributed by atoms with Crippen LogP contribution in [0.1, 0.15) is 26.2 Å². The summed E-state index contributed by atoms with van der Waals surface area (Å²) in [6.07, 6.45) is 6.86. The molecule has 2 amide bonds. The molecule has 0 radical (unpaired) electrons. The van der Waals surface area contributed by atoms with Crippen LogP contribution in [0.2, 0.25) is 0 Å². The fourth-order valence-corrected chi connectivity index (χ4v) is 2.19. The Balaban J connectivity index is 1.92. The van der Waals surface area contributed by atoms with Gasteiger partial charge in [0.1, 0.15) is 0 Å². The Kier molecular flexibility index (Phi) is 4.34. The lowest BCUT2D eigenvalue weighted by molar-refractivity contribution is -0.117. The minimum atomic E-state index is -0.125. The van der Waals surface area contributed by atoms with E-state index in [0.717, 1.165) is 12.8 Å². The second-order valence-corrected chi connectivity index (χ2v) is 4.78. The molecule has 0 saturated heterocycles. The summed E-state index contributed by atoms with van der Waals surface area (Å²) in [5, 5.41) is 5.55. The van der Waals surface area contributed by atoms with E-state index in [9.17, 15) is 9.59 Å². The Morgan fingerprint density at radius 1 is 1.26 bits per heavy atom. The Morgan fingerprint density at radius 3 is 2.63 bits per heavy atom. The zero-order valence-corrected chi connectivity index (χ0v) is 11.0. The van der Waals surface area contributed by atoms with Gasteiger partial charge < -0.3 is 10.6 Å². The van der Waals surface area contributed by atoms with E-state index in [1.165, 1.54) is 6.92 Å². The van der Waals surface area contributed by atoms with Crippen LogP contribution in [-0.4, -0.2) is 11.8 Å². The number of carbonyl (C=O) groups is 2. The molecule has 0 aromatic heterocycles. The van der Waals surface area contributed by atoms with Crippen molar-refractivity contribution in [3.05, 3.63) is 36.4 Å². The molecule has 1 aromatic rings. The van der Waals surface area contributed by atoms with Crippen molar-refractivity contribution in [3.8, 4) is 0 Å². The van der Waals surface area contributed by atoms with Crippen molar-refractivity contribution in [3.63, 3.8) is 0 Å². The van der Waals surface area contributed by atoms with E-state index in [2.05, 4.69) is 22.8 Å². The predicted molar refractivity (Wildman–Crippen MR) is 75.9 cm³/mol. The topological polar surface area (TPSA) is 58.2 Å². The Morgan fingerprint density at radius 2 is 2.00 bits per heavy atom. The first-order chi connectivity index (χ1) is 9.13. The first-order valence-electron chi connectivity index (χ1n) is 6.47. The summed E-state index contributed by atoms with van der Waals surface area (Å²) in [5.74, 6) is 0.245. The number of benzene rings is 1. The van der Waals surface area contributed by atoms with Crippen molar-refractivity contribution in [1.29, 1.82) is 0 Å². The molecule has 1 aliphatic rings. The van der Waals surface area contributed by atoms with E-state index in [-0.39, 0.29) is 11.8 Å². The van der Waals surface area contributed by atoms with Crippen molar-refractivity contribution < 1.29 is 9.59 Å². The number of anilines is 2. The molecule has 2 N–H and O–H groups in total. The fraction of sp³-hybridized carbons (Fsp3) is 0.333. The van der Waals surface area contributed by atoms with Crippen molar-refractivity contribution >= 4 is 23.2 Å². The van der Waals surface area contributed by atoms with E-state index in [4.69, 9.17) is 0 Å². The first kappa shape index (κ1) is 13.3. The summed E-state index contributed by atoms with van der Waals surface area (Å²) in [4.78, 5) is 22.8. The van der Waals surface area contributed by atoms with E-state index in [0.29, 0.717) is 23.7 Å². The average Bonchev–Trinajstić information content (AvgIpc) is 2.81. The van der Waals surface area contributed by atoms with E-state index in [1.54, 1.807) is 18.2 Å². The molecule has 4 nitrogen and oxygen atoms in total. The van der Waals surface area contributed by atoms with Crippen molar-refractivity contribution in [2.24, 2.45) is 5.92 Å². The molecule has 0 bridgehead atoms. The lowest BCUT2D eigenvalue weighted by atomic mass is 10.1. The Bertz CT molecular complexity index is 509. The van der Waals surface area contributed by atoms with Gasteiger partial charge in [-0.2, -0.15) is 0 Å². The van der Waals surface area contributed by atoms with Crippen LogP contribution in [0, 0.1) is 5.92 Å². The zero-order chi connectivity index (χ0) is 13.7. The van der Waals surface area contributed by atoms with Crippen LogP contribution in [0.5, 0.6) is 0 Å². The minimum absolute atomic E-state index is 0.0107. The predicted octanol–water partition coefficient (Wildman–Crippen LogP) is 2.94. The van der Waals surface area contributed by atoms with Gasteiger partial charge in [-0.05, 0) is 37.0 Å². The smallest absolute Gasteiger partial charge is 0.224 e. The molecule has 1 unspecified atom stereocenters. The van der Waals surface area contributed by atoms with Crippen LogP contribution >= 0.6 is 0 Å². The van der Waals surface area contributed by atoms with Gasteiger partial charge in [0.15, 0.2) is 0 Å². The van der Waals surface area contributed by atoms with Gasteiger partial charge in [-0.25, -0.2) is 0 Å². The van der Waals surface area contributed by atoms with Gasteiger partial charge in [-0.1, -0.05) is 18.2 Å². The lowest BCUT2D eigenvalue weighted by Gasteiger charge is -2.10. The third-order valence-corrected chi connectivity index (χ3v) is 3.03. The zero-order valence-electron chi connectivity index (χ0n) is 11.0. The molecule has 19 heavy (non-hydrogen) atoms. The van der Waals surface area contributed by atoms with Crippen LogP contribution in [0.3, 0.4) is 0 Å². The molecule has 1 atom stereocenters. The molecule has 0 saturated carbocycles. The van der Waals surface area contributed by atoms with Crippen LogP contribution in [-0.2, 0) is 9.59 Å². The molecule has 1 aromatic carbocycles. The van der Waals surface area contributed by atoms with Gasteiger partial charge in [0, 0.05) is 24.7 Å². The number of amides is 2. The highest BCUT2D eigenvalue weighted by Gasteiger charge is 2.14. The Labute approximate surface area is 112 Å². The molecule has 2 rings (SSSR count). The number of allylic oxidation sites excluding steroid dienone is 2. The van der Waals surface area contributed by atoms with Gasteiger partial charge in [0.05, 0.1) is 0 Å². The highest BCUT2D eigenvalue weighted by atomic mass is 16.2. The molecule has 100 valence electrons. The molecule has 1 aliphatic carbocycles. The lowest BCUT2D eigenvalue weighted by Crippen LogP contribution is -2.15. The number of hydrogen-bond acceptors (Lipinski definition) is 2. The molecule has 0 aliphatic heterocycles. The Hall–Kier alpha value is -2.10. The normalized spacial score (nSPS) is 17.2. The highest BCUT2D eigenvalue weighted by molar-refractivity contribution is 5.93. The van der Waals surface area contributed by atoms with Crippen molar-refractivity contribution in [2.75, 3.05) is 10.6 Å². The van der Waals surface area contributed by atoms with Crippen molar-refractivity contribution in [2.45, 2.75) is 26.2 Å². The van der Waals surface area contributed by atoms with Gasteiger partial charge in [0.2, 0.25) is 11.8 Å². The van der Waals surface area contributed by atoms with E-state index >= 15 is 0 Å². The van der Waals surface area contributed by atoms with Crippen LogP contribution in [0.15, 0.2) is 36.4 Å². The summed E-state index contributed by atoms with van der Waals surface area (Å²) in [7, 11) is 0. The second-order valence-electron chi connectivity index (χ2n) is 4.78. The summed E-state index contributed by atoms with van der Waals surface area (Å²) in [6, 6.07) is 7.16. The monoisotopic (exact) mass is 258 g/mol. The summed E-state index contributed by atoms with van der Waals surface area (Å²) >= 11 is 0. The van der Waals surface area contributed by atoms with E-state index in [1.807, 2.05) is 6.07 Å². The molecule has 0 heterocycles. The number of nitrogens with one attached hydrogen (secondary N) is 2. The molecular weight excluding hydrogens is 240 g/mol. The van der Waals surface area contributed by atoms with Crippen molar-refractivity contribution in [1.82, 2.24) is 0 Å². The quantitative estimate of drug-likeness (QED) is 0.816. The van der Waals surface area contributed by atoms with Gasteiger partial charge in [-0.15, -0.1) is 0 Å². The molecule has 0 fully saturated rings. The van der Waals surface area contributed by atoms with Gasteiger partial charge >= 0.3 is 0 Å². The molecular formula is C15H18N2O2. The standard InChI is InChI=1S/C15H18N2O2/c1-11(18)16-13-7-4-8-14(10-13)17-15(19)9-12-5-2-3-6-12/h2,4-5,7-8,10,12H,3,6,9H2,1H3,(H,16,18)(H,17,19). The van der Waals surface area contributed by atoms with Crippen LogP contribution in [0.25, 0.3) is 0 Å². The second kappa shape index (κ2) is 6.18. The van der Waals surface area contributed by atoms with Crippen LogP contribution in [0.4, 0.5) is 11.4 Å². The third kappa shape index (κ3) is 4.25. The third-order valence-electron chi connectivity index (χ3n) is 3.03. The SMILES string of the molecule is CC(=O)Nc1cccc(NC(=O)CC2C=CCC2)c1. The first-order valence-corrected chi connectivity index (χ1v) is 6.47. The largest absolute Gasteiger partial charge is 0.326 e. The average molecular weight is 258 g/mol. The number of rotatable bonds is 4. The fourth-order valence-electron chi connectivity index (χ4n) is 2.19. The molecule has 4 heteroatoms. The number of hydrogen-bond donors (Lipinski definition) is 2. The molecule has 0 spiro atoms. The summed E-state index contributed by atoms with van der Waals surface area (Å²) in [5.41, 5.74) is 1.39. The number of carbonyl (C=O) groups excluding carboxylic acids is 2. The van der Waals surface area contributed by atoms with Crippen LogP contribution < -0.4 is 10.6 Å². The van der Waals surface area contributed by atoms with Gasteiger partial charge in [0.25, 0.3) is 0 Å². The maximum Gasteiger partial charge on any atom is 0.224 e. The maximum absolute atomic E-state index is 11.9. The minimum Gasteiger partial charge on any atom is -0.326 e. The summed E-state index contributed by atoms with van der Waals surface area (Å²) in [6.45, 7) is 1.46.